The number of H-pyrrole nitrogens is 1. The highest BCUT2D eigenvalue weighted by Crippen LogP contribution is 2.31. The fourth-order valence-electron chi connectivity index (χ4n) is 4.26. The van der Waals surface area contributed by atoms with Gasteiger partial charge in [0.2, 0.25) is 0 Å². The number of anilines is 2. The molecule has 2 atom stereocenters. The van der Waals surface area contributed by atoms with Crippen molar-refractivity contribution in [3.8, 4) is 17.2 Å². The molecule has 0 aliphatic rings. The van der Waals surface area contributed by atoms with Crippen molar-refractivity contribution >= 4 is 28.6 Å². The third kappa shape index (κ3) is 5.21. The van der Waals surface area contributed by atoms with Gasteiger partial charge in [-0.1, -0.05) is 36.4 Å². The first-order chi connectivity index (χ1) is 18.8. The van der Waals surface area contributed by atoms with Crippen LogP contribution in [-0.2, 0) is 0 Å². The molecule has 3 aromatic heterocycles. The number of carbonyl (C=O) groups excluding carboxylic acids is 1. The Kier molecular flexibility index (Phi) is 6.84. The van der Waals surface area contributed by atoms with E-state index in [1.54, 1.807) is 19.1 Å². The van der Waals surface area contributed by atoms with Crippen LogP contribution in [0.25, 0.3) is 22.2 Å². The second-order valence-electron chi connectivity index (χ2n) is 8.98. The van der Waals surface area contributed by atoms with E-state index in [0.717, 1.165) is 27.6 Å². The highest BCUT2D eigenvalue weighted by Gasteiger charge is 2.21. The summed E-state index contributed by atoms with van der Waals surface area (Å²) in [7, 11) is 0. The first-order valence-corrected chi connectivity index (χ1v) is 12.1. The molecule has 0 radical (unpaired) electrons. The summed E-state index contributed by atoms with van der Waals surface area (Å²) in [5.74, 6) is -0.246. The lowest BCUT2D eigenvalue weighted by Crippen LogP contribution is -2.29. The molecule has 3 heterocycles. The molecule has 11 heteroatoms. The molecule has 0 spiro atoms. The fraction of sp³-hybridized carbons (Fsp3) is 0.143. The van der Waals surface area contributed by atoms with Gasteiger partial charge in [0.15, 0.2) is 17.2 Å². The van der Waals surface area contributed by atoms with Crippen molar-refractivity contribution in [2.24, 2.45) is 0 Å². The maximum atomic E-state index is 13.3. The summed E-state index contributed by atoms with van der Waals surface area (Å²) >= 11 is 0. The number of nitriles is 1. The summed E-state index contributed by atoms with van der Waals surface area (Å²) in [5, 5.41) is 16.1. The number of hydrogen-bond acceptors (Lipinski definition) is 8. The van der Waals surface area contributed by atoms with Gasteiger partial charge in [-0.05, 0) is 42.7 Å². The monoisotopic (exact) mass is 521 g/mol. The lowest BCUT2D eigenvalue weighted by Gasteiger charge is -2.19. The molecule has 5 aromatic rings. The Bertz CT molecular complexity index is 1690. The standard InChI is InChI=1S/C28H24FN9O/c1-15(17-3-5-19(6-4-17)22-13-33-26-23(22)25(31)34-14-35-26)36-27-24(38-21(11-30)12-32-27)28(39)37-16(2)18-7-9-20(29)10-8-18/h3-10,12-16H,1-2H3,(H,32,36)(H,37,39)(H3,31,33,34,35)/t15-,16+/m1/s1. The van der Waals surface area contributed by atoms with E-state index in [0.29, 0.717) is 11.5 Å². The second-order valence-corrected chi connectivity index (χ2v) is 8.98. The number of carbonyl (C=O) groups is 1. The molecule has 0 saturated heterocycles. The number of fused-ring (bicyclic) bond motifs is 1. The van der Waals surface area contributed by atoms with Crippen LogP contribution in [0.4, 0.5) is 16.0 Å². The van der Waals surface area contributed by atoms with E-state index in [-0.39, 0.29) is 29.1 Å². The number of halogens is 1. The molecule has 194 valence electrons. The Morgan fingerprint density at radius 1 is 1.03 bits per heavy atom. The van der Waals surface area contributed by atoms with Crippen molar-refractivity contribution in [3.05, 3.63) is 95.6 Å². The van der Waals surface area contributed by atoms with Crippen molar-refractivity contribution in [1.82, 2.24) is 30.2 Å². The molecule has 10 nitrogen and oxygen atoms in total. The molecule has 0 aliphatic carbocycles. The van der Waals surface area contributed by atoms with Gasteiger partial charge in [-0.25, -0.2) is 24.3 Å². The quantitative estimate of drug-likeness (QED) is 0.240. The number of nitrogen functional groups attached to an aromatic ring is 1. The summed E-state index contributed by atoms with van der Waals surface area (Å²) in [6.07, 6.45) is 4.57. The van der Waals surface area contributed by atoms with Crippen molar-refractivity contribution in [3.63, 3.8) is 0 Å². The highest BCUT2D eigenvalue weighted by atomic mass is 19.1. The maximum Gasteiger partial charge on any atom is 0.274 e. The molecule has 39 heavy (non-hydrogen) atoms. The number of rotatable bonds is 7. The number of benzene rings is 2. The van der Waals surface area contributed by atoms with Crippen LogP contribution in [0.5, 0.6) is 0 Å². The molecule has 2 aromatic carbocycles. The number of aromatic amines is 1. The molecule has 5 rings (SSSR count). The Labute approximate surface area is 223 Å². The summed E-state index contributed by atoms with van der Waals surface area (Å²) in [6, 6.07) is 14.9. The van der Waals surface area contributed by atoms with Crippen molar-refractivity contribution < 1.29 is 9.18 Å². The average molecular weight is 522 g/mol. The van der Waals surface area contributed by atoms with Crippen LogP contribution in [0, 0.1) is 17.1 Å². The van der Waals surface area contributed by atoms with Gasteiger partial charge in [-0.15, -0.1) is 0 Å². The first kappa shape index (κ1) is 25.3. The Balaban J connectivity index is 1.36. The lowest BCUT2D eigenvalue weighted by molar-refractivity contribution is 0.0935. The Morgan fingerprint density at radius 3 is 2.44 bits per heavy atom. The highest BCUT2D eigenvalue weighted by molar-refractivity contribution is 6.00. The van der Waals surface area contributed by atoms with E-state index >= 15 is 0 Å². The third-order valence-corrected chi connectivity index (χ3v) is 6.39. The fourth-order valence-corrected chi connectivity index (χ4v) is 4.26. The van der Waals surface area contributed by atoms with Gasteiger partial charge in [0, 0.05) is 11.8 Å². The Hall–Kier alpha value is -5.37. The zero-order valence-corrected chi connectivity index (χ0v) is 21.1. The number of aromatic nitrogens is 5. The number of amides is 1. The number of nitrogens with one attached hydrogen (secondary N) is 3. The molecule has 5 N–H and O–H groups in total. The Morgan fingerprint density at radius 2 is 1.72 bits per heavy atom. The zero-order chi connectivity index (χ0) is 27.5. The number of hydrogen-bond donors (Lipinski definition) is 4. The topological polar surface area (TPSA) is 158 Å². The van der Waals surface area contributed by atoms with Crippen LogP contribution in [0.2, 0.25) is 0 Å². The van der Waals surface area contributed by atoms with E-state index in [4.69, 9.17) is 5.73 Å². The zero-order valence-electron chi connectivity index (χ0n) is 21.1. The van der Waals surface area contributed by atoms with Crippen LogP contribution < -0.4 is 16.4 Å². The maximum absolute atomic E-state index is 13.3. The average Bonchev–Trinajstić information content (AvgIpc) is 3.39. The summed E-state index contributed by atoms with van der Waals surface area (Å²) in [5.41, 5.74) is 10.2. The SMILES string of the molecule is C[C@H](NC(=O)c1nc(C#N)cnc1N[C@H](C)c1ccc(-c2c[nH]c3ncnc(N)c23)cc1)c1ccc(F)cc1. The van der Waals surface area contributed by atoms with Crippen molar-refractivity contribution in [2.75, 3.05) is 11.1 Å². The van der Waals surface area contributed by atoms with Crippen molar-refractivity contribution in [1.29, 1.82) is 5.26 Å². The minimum Gasteiger partial charge on any atom is -0.383 e. The minimum atomic E-state index is -0.513. The van der Waals surface area contributed by atoms with E-state index in [9.17, 15) is 14.4 Å². The molecule has 1 amide bonds. The molecular formula is C28H24FN9O. The normalized spacial score (nSPS) is 12.5. The molecule has 0 unspecified atom stereocenters. The first-order valence-electron chi connectivity index (χ1n) is 12.1. The van der Waals surface area contributed by atoms with Crippen LogP contribution in [0.1, 0.15) is 53.2 Å². The van der Waals surface area contributed by atoms with E-state index in [1.807, 2.05) is 43.5 Å². The van der Waals surface area contributed by atoms with Crippen LogP contribution >= 0.6 is 0 Å². The summed E-state index contributed by atoms with van der Waals surface area (Å²) in [4.78, 5) is 33.1. The smallest absolute Gasteiger partial charge is 0.274 e. The minimum absolute atomic E-state index is 0.0131. The van der Waals surface area contributed by atoms with Crippen molar-refractivity contribution in [2.45, 2.75) is 25.9 Å². The molecule has 0 aliphatic heterocycles. The van der Waals surface area contributed by atoms with E-state index in [1.165, 1.54) is 24.7 Å². The molecule has 0 bridgehead atoms. The second kappa shape index (κ2) is 10.5. The largest absolute Gasteiger partial charge is 0.383 e. The van der Waals surface area contributed by atoms with Gasteiger partial charge < -0.3 is 21.4 Å². The number of nitrogens with zero attached hydrogens (tertiary/aromatic N) is 5. The molecule has 0 fully saturated rings. The predicted octanol–water partition coefficient (Wildman–Crippen LogP) is 4.67. The van der Waals surface area contributed by atoms with Crippen LogP contribution in [0.3, 0.4) is 0 Å². The third-order valence-electron chi connectivity index (χ3n) is 6.39. The van der Waals surface area contributed by atoms with Crippen LogP contribution in [0.15, 0.2) is 67.3 Å². The molecule has 0 saturated carbocycles. The number of nitrogens with two attached hydrogens (primary N) is 1. The van der Waals surface area contributed by atoms with Gasteiger partial charge in [-0.3, -0.25) is 4.79 Å². The molecular weight excluding hydrogens is 497 g/mol. The van der Waals surface area contributed by atoms with Gasteiger partial charge >= 0.3 is 0 Å². The van der Waals surface area contributed by atoms with Gasteiger partial charge in [-0.2, -0.15) is 5.26 Å². The predicted molar refractivity (Wildman–Crippen MR) is 145 cm³/mol. The van der Waals surface area contributed by atoms with E-state index in [2.05, 4.69) is 35.6 Å². The summed E-state index contributed by atoms with van der Waals surface area (Å²) in [6.45, 7) is 3.70. The van der Waals surface area contributed by atoms with E-state index < -0.39 is 11.9 Å². The summed E-state index contributed by atoms with van der Waals surface area (Å²) < 4.78 is 13.3. The lowest BCUT2D eigenvalue weighted by atomic mass is 10.0. The van der Waals surface area contributed by atoms with Gasteiger partial charge in [0.1, 0.15) is 29.7 Å². The van der Waals surface area contributed by atoms with Gasteiger partial charge in [0.25, 0.3) is 5.91 Å². The van der Waals surface area contributed by atoms with Gasteiger partial charge in [0.05, 0.1) is 23.7 Å². The van der Waals surface area contributed by atoms with Crippen LogP contribution in [-0.4, -0.2) is 30.8 Å².